The zero-order valence-electron chi connectivity index (χ0n) is 13.0. The Kier molecular flexibility index (Phi) is 7.17. The first-order valence-electron chi connectivity index (χ1n) is 8.07. The van der Waals surface area contributed by atoms with Gasteiger partial charge in [-0.1, -0.05) is 36.8 Å². The van der Waals surface area contributed by atoms with Crippen molar-refractivity contribution >= 4 is 17.3 Å². The summed E-state index contributed by atoms with van der Waals surface area (Å²) in [7, 11) is 0. The van der Waals surface area contributed by atoms with Gasteiger partial charge in [0.05, 0.1) is 0 Å². The molecule has 2 aromatic rings. The summed E-state index contributed by atoms with van der Waals surface area (Å²) in [6.45, 7) is 0. The minimum atomic E-state index is -0.683. The highest BCUT2D eigenvalue weighted by atomic mass is 32.1. The summed E-state index contributed by atoms with van der Waals surface area (Å²) >= 11 is 1.92. The molecule has 0 atom stereocenters. The number of carboxylic acids is 1. The number of aryl methyl sites for hydroxylation is 3. The first kappa shape index (κ1) is 16.8. The minimum absolute atomic E-state index is 0.301. The zero-order chi connectivity index (χ0) is 15.6. The van der Waals surface area contributed by atoms with E-state index in [0.29, 0.717) is 6.42 Å². The van der Waals surface area contributed by atoms with Crippen molar-refractivity contribution in [2.45, 2.75) is 51.4 Å². The number of benzene rings is 1. The van der Waals surface area contributed by atoms with E-state index in [1.807, 2.05) is 11.3 Å². The van der Waals surface area contributed by atoms with Crippen molar-refractivity contribution in [3.63, 3.8) is 0 Å². The molecule has 2 rings (SSSR count). The standard InChI is InChI=1S/C19H24O2S/c20-19(21)13-6-2-5-11-17-14-15-18(22-17)12-7-10-16-8-3-1-4-9-16/h1,3-4,8-9,14-15H,2,5-7,10-13H2,(H,20,21). The fourth-order valence-corrected chi connectivity index (χ4v) is 3.66. The molecule has 0 aliphatic rings. The third-order valence-corrected chi connectivity index (χ3v) is 4.97. The van der Waals surface area contributed by atoms with Crippen LogP contribution in [0.2, 0.25) is 0 Å². The van der Waals surface area contributed by atoms with Crippen molar-refractivity contribution in [3.05, 3.63) is 57.8 Å². The summed E-state index contributed by atoms with van der Waals surface area (Å²) in [6.07, 6.45) is 7.78. The Labute approximate surface area is 136 Å². The molecule has 0 aliphatic heterocycles. The average Bonchev–Trinajstić information content (AvgIpc) is 2.95. The summed E-state index contributed by atoms with van der Waals surface area (Å²) in [5.74, 6) is -0.683. The van der Waals surface area contributed by atoms with Crippen LogP contribution in [0.15, 0.2) is 42.5 Å². The van der Waals surface area contributed by atoms with Gasteiger partial charge < -0.3 is 5.11 Å². The molecule has 3 heteroatoms. The summed E-state index contributed by atoms with van der Waals surface area (Å²) < 4.78 is 0. The number of aliphatic carboxylic acids is 1. The van der Waals surface area contributed by atoms with E-state index >= 15 is 0 Å². The Hall–Kier alpha value is -1.61. The van der Waals surface area contributed by atoms with Crippen molar-refractivity contribution in [1.29, 1.82) is 0 Å². The molecule has 1 heterocycles. The lowest BCUT2D eigenvalue weighted by Crippen LogP contribution is -1.93. The number of unbranched alkanes of at least 4 members (excludes halogenated alkanes) is 2. The molecule has 1 aromatic heterocycles. The Morgan fingerprint density at radius 3 is 2.18 bits per heavy atom. The molecule has 0 fully saturated rings. The topological polar surface area (TPSA) is 37.3 Å². The lowest BCUT2D eigenvalue weighted by Gasteiger charge is -2.00. The van der Waals surface area contributed by atoms with Gasteiger partial charge in [-0.3, -0.25) is 4.79 Å². The quantitative estimate of drug-likeness (QED) is 0.618. The van der Waals surface area contributed by atoms with Crippen LogP contribution < -0.4 is 0 Å². The Morgan fingerprint density at radius 1 is 0.818 bits per heavy atom. The van der Waals surface area contributed by atoms with Crippen molar-refractivity contribution in [3.8, 4) is 0 Å². The zero-order valence-corrected chi connectivity index (χ0v) is 13.8. The van der Waals surface area contributed by atoms with Gasteiger partial charge >= 0.3 is 5.97 Å². The van der Waals surface area contributed by atoms with E-state index in [9.17, 15) is 4.79 Å². The van der Waals surface area contributed by atoms with Gasteiger partial charge in [-0.25, -0.2) is 0 Å². The molecule has 0 radical (unpaired) electrons. The van der Waals surface area contributed by atoms with E-state index in [-0.39, 0.29) is 0 Å². The van der Waals surface area contributed by atoms with Crippen LogP contribution in [0.1, 0.15) is 47.4 Å². The van der Waals surface area contributed by atoms with Gasteiger partial charge in [-0.15, -0.1) is 11.3 Å². The molecule has 2 nitrogen and oxygen atoms in total. The molecular weight excluding hydrogens is 292 g/mol. The Bertz CT molecular complexity index is 560. The molecule has 0 amide bonds. The lowest BCUT2D eigenvalue weighted by molar-refractivity contribution is -0.137. The van der Waals surface area contributed by atoms with Gasteiger partial charge in [0.1, 0.15) is 0 Å². The predicted molar refractivity (Wildman–Crippen MR) is 92.6 cm³/mol. The predicted octanol–water partition coefficient (Wildman–Crippen LogP) is 5.11. The number of thiophene rings is 1. The summed E-state index contributed by atoms with van der Waals surface area (Å²) in [5, 5.41) is 8.60. The van der Waals surface area contributed by atoms with Crippen molar-refractivity contribution in [2.24, 2.45) is 0 Å². The largest absolute Gasteiger partial charge is 0.481 e. The molecule has 22 heavy (non-hydrogen) atoms. The molecule has 0 unspecified atom stereocenters. The van der Waals surface area contributed by atoms with Gasteiger partial charge in [0.2, 0.25) is 0 Å². The van der Waals surface area contributed by atoms with E-state index in [2.05, 4.69) is 42.5 Å². The molecule has 0 saturated carbocycles. The fraction of sp³-hybridized carbons (Fsp3) is 0.421. The maximum absolute atomic E-state index is 10.4. The number of hydrogen-bond donors (Lipinski definition) is 1. The van der Waals surface area contributed by atoms with Crippen LogP contribution in [0.5, 0.6) is 0 Å². The molecule has 1 aromatic carbocycles. The van der Waals surface area contributed by atoms with Crippen LogP contribution in [0.25, 0.3) is 0 Å². The van der Waals surface area contributed by atoms with Crippen LogP contribution in [-0.4, -0.2) is 11.1 Å². The highest BCUT2D eigenvalue weighted by Gasteiger charge is 2.02. The summed E-state index contributed by atoms with van der Waals surface area (Å²) in [6, 6.07) is 15.1. The molecule has 0 bridgehead atoms. The maximum Gasteiger partial charge on any atom is 0.303 e. The van der Waals surface area contributed by atoms with Crippen LogP contribution in [0.3, 0.4) is 0 Å². The lowest BCUT2D eigenvalue weighted by atomic mass is 10.1. The van der Waals surface area contributed by atoms with Gasteiger partial charge in [0, 0.05) is 16.2 Å². The minimum Gasteiger partial charge on any atom is -0.481 e. The molecular formula is C19H24O2S. The molecule has 0 saturated heterocycles. The van der Waals surface area contributed by atoms with Crippen molar-refractivity contribution in [2.75, 3.05) is 0 Å². The number of carboxylic acid groups (broad SMARTS) is 1. The highest BCUT2D eigenvalue weighted by Crippen LogP contribution is 2.21. The monoisotopic (exact) mass is 316 g/mol. The van der Waals surface area contributed by atoms with Crippen molar-refractivity contribution < 1.29 is 9.90 Å². The van der Waals surface area contributed by atoms with Gasteiger partial charge in [0.15, 0.2) is 0 Å². The molecule has 1 N–H and O–H groups in total. The van der Waals surface area contributed by atoms with Gasteiger partial charge in [-0.05, 0) is 56.2 Å². The van der Waals surface area contributed by atoms with Crippen LogP contribution >= 0.6 is 11.3 Å². The van der Waals surface area contributed by atoms with Gasteiger partial charge in [0.25, 0.3) is 0 Å². The first-order valence-corrected chi connectivity index (χ1v) is 8.89. The average molecular weight is 316 g/mol. The fourth-order valence-electron chi connectivity index (χ4n) is 2.55. The van der Waals surface area contributed by atoms with E-state index in [0.717, 1.165) is 38.5 Å². The SMILES string of the molecule is O=C(O)CCCCCc1ccc(CCCc2ccccc2)s1. The number of rotatable bonds is 10. The van der Waals surface area contributed by atoms with E-state index in [1.54, 1.807) is 0 Å². The number of carbonyl (C=O) groups is 1. The van der Waals surface area contributed by atoms with Crippen LogP contribution in [0.4, 0.5) is 0 Å². The third-order valence-electron chi connectivity index (χ3n) is 3.76. The smallest absolute Gasteiger partial charge is 0.303 e. The first-order chi connectivity index (χ1) is 10.7. The van der Waals surface area contributed by atoms with E-state index in [1.165, 1.54) is 21.7 Å². The van der Waals surface area contributed by atoms with Crippen LogP contribution in [0, 0.1) is 0 Å². The second-order valence-corrected chi connectivity index (χ2v) is 6.91. The maximum atomic E-state index is 10.4. The molecule has 0 spiro atoms. The van der Waals surface area contributed by atoms with E-state index < -0.39 is 5.97 Å². The van der Waals surface area contributed by atoms with E-state index in [4.69, 9.17) is 5.11 Å². The Morgan fingerprint density at radius 2 is 1.50 bits per heavy atom. The third kappa shape index (κ3) is 6.44. The van der Waals surface area contributed by atoms with Crippen LogP contribution in [-0.2, 0) is 24.1 Å². The molecule has 0 aliphatic carbocycles. The Balaban J connectivity index is 1.63. The van der Waals surface area contributed by atoms with Crippen molar-refractivity contribution in [1.82, 2.24) is 0 Å². The molecule has 118 valence electrons. The second-order valence-electron chi connectivity index (χ2n) is 5.66. The summed E-state index contributed by atoms with van der Waals surface area (Å²) in [4.78, 5) is 13.3. The number of hydrogen-bond acceptors (Lipinski definition) is 2. The highest BCUT2D eigenvalue weighted by molar-refractivity contribution is 7.11. The van der Waals surface area contributed by atoms with Gasteiger partial charge in [-0.2, -0.15) is 0 Å². The summed E-state index contributed by atoms with van der Waals surface area (Å²) in [5.41, 5.74) is 1.41. The second kappa shape index (κ2) is 9.42. The normalized spacial score (nSPS) is 10.7.